The highest BCUT2D eigenvalue weighted by molar-refractivity contribution is 9.10. The second-order valence-corrected chi connectivity index (χ2v) is 5.68. The predicted molar refractivity (Wildman–Crippen MR) is 70.6 cm³/mol. The molecule has 0 bridgehead atoms. The van der Waals surface area contributed by atoms with Crippen LogP contribution in [-0.4, -0.2) is 20.5 Å². The summed E-state index contributed by atoms with van der Waals surface area (Å²) in [6.45, 7) is 5.83. The molecule has 0 unspecified atom stereocenters. The molecule has 90 valence electrons. The fourth-order valence-corrected chi connectivity index (χ4v) is 2.77. The minimum atomic E-state index is -0.0249. The van der Waals surface area contributed by atoms with E-state index in [1.807, 2.05) is 20.8 Å². The fraction of sp³-hybridized carbons (Fsp3) is 0.364. The van der Waals surface area contributed by atoms with Crippen LogP contribution < -0.4 is 0 Å². The SMILES string of the molecule is Cc1ncsc1C(=O)c1c(Br)cnn1C(C)C. The van der Waals surface area contributed by atoms with Crippen molar-refractivity contribution in [1.82, 2.24) is 14.8 Å². The molecule has 4 nitrogen and oxygen atoms in total. The number of halogens is 1. The van der Waals surface area contributed by atoms with Gasteiger partial charge in [0, 0.05) is 6.04 Å². The van der Waals surface area contributed by atoms with E-state index in [0.717, 1.165) is 10.2 Å². The molecule has 0 fully saturated rings. The largest absolute Gasteiger partial charge is 0.286 e. The Kier molecular flexibility index (Phi) is 3.44. The highest BCUT2D eigenvalue weighted by atomic mass is 79.9. The molecule has 2 aromatic heterocycles. The molecule has 0 saturated carbocycles. The van der Waals surface area contributed by atoms with Crippen LogP contribution in [0.3, 0.4) is 0 Å². The minimum Gasteiger partial charge on any atom is -0.286 e. The summed E-state index contributed by atoms with van der Waals surface area (Å²) in [5, 5.41) is 4.21. The Labute approximate surface area is 112 Å². The number of ketones is 1. The molecule has 0 spiro atoms. The van der Waals surface area contributed by atoms with Gasteiger partial charge in [-0.05, 0) is 36.7 Å². The van der Waals surface area contributed by atoms with E-state index < -0.39 is 0 Å². The number of carbonyl (C=O) groups excluding carboxylic acids is 1. The van der Waals surface area contributed by atoms with Crippen molar-refractivity contribution in [1.29, 1.82) is 0 Å². The Balaban J connectivity index is 2.51. The second kappa shape index (κ2) is 4.70. The van der Waals surface area contributed by atoms with Crippen molar-refractivity contribution in [3.63, 3.8) is 0 Å². The molecule has 2 aromatic rings. The van der Waals surface area contributed by atoms with Gasteiger partial charge >= 0.3 is 0 Å². The molecule has 17 heavy (non-hydrogen) atoms. The summed E-state index contributed by atoms with van der Waals surface area (Å²) < 4.78 is 2.45. The number of aryl methyl sites for hydroxylation is 1. The van der Waals surface area contributed by atoms with Gasteiger partial charge in [-0.25, -0.2) is 4.98 Å². The lowest BCUT2D eigenvalue weighted by Gasteiger charge is -2.09. The topological polar surface area (TPSA) is 47.8 Å². The molecule has 0 N–H and O–H groups in total. The van der Waals surface area contributed by atoms with E-state index in [1.165, 1.54) is 11.3 Å². The maximum Gasteiger partial charge on any atom is 0.224 e. The summed E-state index contributed by atoms with van der Waals surface area (Å²) in [6.07, 6.45) is 1.66. The molecule has 0 aliphatic carbocycles. The highest BCUT2D eigenvalue weighted by Gasteiger charge is 2.22. The van der Waals surface area contributed by atoms with Gasteiger partial charge in [-0.1, -0.05) is 0 Å². The molecule has 0 aliphatic heterocycles. The Morgan fingerprint density at radius 3 is 2.76 bits per heavy atom. The van der Waals surface area contributed by atoms with Crippen molar-refractivity contribution in [3.8, 4) is 0 Å². The van der Waals surface area contributed by atoms with E-state index in [0.29, 0.717) is 10.6 Å². The maximum absolute atomic E-state index is 12.4. The molecule has 0 aliphatic rings. The Bertz CT molecular complexity index is 559. The number of carbonyl (C=O) groups is 1. The van der Waals surface area contributed by atoms with Crippen LogP contribution in [0.25, 0.3) is 0 Å². The van der Waals surface area contributed by atoms with Crippen molar-refractivity contribution in [3.05, 3.63) is 32.4 Å². The molecule has 2 rings (SSSR count). The third-order valence-electron chi connectivity index (χ3n) is 2.41. The summed E-state index contributed by atoms with van der Waals surface area (Å²) in [4.78, 5) is 17.2. The maximum atomic E-state index is 12.4. The third-order valence-corrected chi connectivity index (χ3v) is 3.91. The number of rotatable bonds is 3. The van der Waals surface area contributed by atoms with E-state index in [1.54, 1.807) is 16.4 Å². The lowest BCUT2D eigenvalue weighted by molar-refractivity contribution is 0.102. The molecular formula is C11H12BrN3OS. The van der Waals surface area contributed by atoms with Gasteiger partial charge in [0.05, 0.1) is 26.8 Å². The molecular weight excluding hydrogens is 302 g/mol. The zero-order valence-electron chi connectivity index (χ0n) is 9.77. The lowest BCUT2D eigenvalue weighted by atomic mass is 10.2. The first-order valence-corrected chi connectivity index (χ1v) is 6.87. The first-order chi connectivity index (χ1) is 8.02. The fourth-order valence-electron chi connectivity index (χ4n) is 1.57. The molecule has 6 heteroatoms. The smallest absolute Gasteiger partial charge is 0.224 e. The molecule has 0 radical (unpaired) electrons. The van der Waals surface area contributed by atoms with Crippen molar-refractivity contribution >= 4 is 33.0 Å². The van der Waals surface area contributed by atoms with Crippen LogP contribution >= 0.6 is 27.3 Å². The summed E-state index contributed by atoms with van der Waals surface area (Å²) in [7, 11) is 0. The van der Waals surface area contributed by atoms with Gasteiger partial charge in [0.15, 0.2) is 0 Å². The lowest BCUT2D eigenvalue weighted by Crippen LogP contribution is -2.13. The van der Waals surface area contributed by atoms with Gasteiger partial charge in [0.1, 0.15) is 5.69 Å². The second-order valence-electron chi connectivity index (χ2n) is 3.98. The zero-order valence-corrected chi connectivity index (χ0v) is 12.2. The zero-order chi connectivity index (χ0) is 12.6. The third kappa shape index (κ3) is 2.19. The van der Waals surface area contributed by atoms with E-state index >= 15 is 0 Å². The summed E-state index contributed by atoms with van der Waals surface area (Å²) in [5.74, 6) is -0.0249. The first kappa shape index (κ1) is 12.4. The number of aromatic nitrogens is 3. The Hall–Kier alpha value is -1.01. The average Bonchev–Trinajstić information content (AvgIpc) is 2.83. The Morgan fingerprint density at radius 2 is 2.24 bits per heavy atom. The van der Waals surface area contributed by atoms with Gasteiger partial charge in [0.2, 0.25) is 5.78 Å². The number of nitrogens with zero attached hydrogens (tertiary/aromatic N) is 3. The van der Waals surface area contributed by atoms with Gasteiger partial charge in [-0.15, -0.1) is 11.3 Å². The monoisotopic (exact) mass is 313 g/mol. The van der Waals surface area contributed by atoms with Crippen LogP contribution in [0.15, 0.2) is 16.2 Å². The normalized spacial score (nSPS) is 11.1. The van der Waals surface area contributed by atoms with E-state index in [-0.39, 0.29) is 11.8 Å². The minimum absolute atomic E-state index is 0.0249. The Morgan fingerprint density at radius 1 is 1.53 bits per heavy atom. The summed E-state index contributed by atoms with van der Waals surface area (Å²) in [5.41, 5.74) is 3.04. The first-order valence-electron chi connectivity index (χ1n) is 5.20. The highest BCUT2D eigenvalue weighted by Crippen LogP contribution is 2.25. The molecule has 0 atom stereocenters. The van der Waals surface area contributed by atoms with Gasteiger partial charge in [-0.3, -0.25) is 9.48 Å². The average molecular weight is 314 g/mol. The van der Waals surface area contributed by atoms with E-state index in [4.69, 9.17) is 0 Å². The van der Waals surface area contributed by atoms with Gasteiger partial charge < -0.3 is 0 Å². The van der Waals surface area contributed by atoms with Crippen LogP contribution in [0.5, 0.6) is 0 Å². The molecule has 0 amide bonds. The van der Waals surface area contributed by atoms with Crippen molar-refractivity contribution < 1.29 is 4.79 Å². The van der Waals surface area contributed by atoms with Crippen LogP contribution in [0, 0.1) is 6.92 Å². The van der Waals surface area contributed by atoms with E-state index in [2.05, 4.69) is 26.0 Å². The molecule has 2 heterocycles. The molecule has 0 aromatic carbocycles. The number of hydrogen-bond acceptors (Lipinski definition) is 4. The van der Waals surface area contributed by atoms with Crippen molar-refractivity contribution in [2.45, 2.75) is 26.8 Å². The van der Waals surface area contributed by atoms with E-state index in [9.17, 15) is 4.79 Å². The van der Waals surface area contributed by atoms with Crippen LogP contribution in [0.2, 0.25) is 0 Å². The van der Waals surface area contributed by atoms with Crippen molar-refractivity contribution in [2.24, 2.45) is 0 Å². The van der Waals surface area contributed by atoms with Crippen LogP contribution in [0.4, 0.5) is 0 Å². The quantitative estimate of drug-likeness (QED) is 0.817. The number of hydrogen-bond donors (Lipinski definition) is 0. The van der Waals surface area contributed by atoms with Crippen LogP contribution in [-0.2, 0) is 0 Å². The predicted octanol–water partition coefficient (Wildman–Crippen LogP) is 3.22. The summed E-state index contributed by atoms with van der Waals surface area (Å²) >= 11 is 4.74. The van der Waals surface area contributed by atoms with Crippen LogP contribution in [0.1, 0.15) is 40.9 Å². The van der Waals surface area contributed by atoms with Gasteiger partial charge in [0.25, 0.3) is 0 Å². The summed E-state index contributed by atoms with van der Waals surface area (Å²) in [6, 6.07) is 0.147. The molecule has 0 saturated heterocycles. The number of thiazole rings is 1. The standard InChI is InChI=1S/C11H12BrN3OS/c1-6(2)15-9(8(12)4-14-15)10(16)11-7(3)13-5-17-11/h4-6H,1-3H3. The van der Waals surface area contributed by atoms with Gasteiger partial charge in [-0.2, -0.15) is 5.10 Å². The van der Waals surface area contributed by atoms with Crippen molar-refractivity contribution in [2.75, 3.05) is 0 Å².